The molecular formula is C25H33N5O2. The predicted octanol–water partition coefficient (Wildman–Crippen LogP) is 3.59. The largest absolute Gasteiger partial charge is 0.366 e. The number of aromatic nitrogens is 2. The molecule has 2 aliphatic rings. The van der Waals surface area contributed by atoms with E-state index in [1.165, 1.54) is 6.42 Å². The van der Waals surface area contributed by atoms with E-state index >= 15 is 0 Å². The average molecular weight is 436 g/mol. The average Bonchev–Trinajstić information content (AvgIpc) is 2.84. The number of nitrogens with two attached hydrogens (primary N) is 1. The van der Waals surface area contributed by atoms with Crippen molar-refractivity contribution in [1.82, 2.24) is 14.9 Å². The van der Waals surface area contributed by atoms with Gasteiger partial charge >= 0.3 is 0 Å². The first-order valence-electron chi connectivity index (χ1n) is 11.7. The van der Waals surface area contributed by atoms with Crippen LogP contribution in [0.3, 0.4) is 0 Å². The molecule has 0 bridgehead atoms. The highest BCUT2D eigenvalue weighted by atomic mass is 16.2. The fourth-order valence-corrected chi connectivity index (χ4v) is 4.96. The molecule has 7 heteroatoms. The first-order chi connectivity index (χ1) is 15.4. The highest BCUT2D eigenvalue weighted by Gasteiger charge is 2.32. The van der Waals surface area contributed by atoms with Crippen LogP contribution in [-0.2, 0) is 4.79 Å². The maximum atomic E-state index is 13.2. The molecule has 4 rings (SSSR count). The van der Waals surface area contributed by atoms with E-state index in [0.717, 1.165) is 61.9 Å². The van der Waals surface area contributed by atoms with Gasteiger partial charge in [-0.25, -0.2) is 9.97 Å². The summed E-state index contributed by atoms with van der Waals surface area (Å²) in [7, 11) is 3.86. The zero-order chi connectivity index (χ0) is 22.7. The number of primary amides is 1. The molecule has 1 atom stereocenters. The number of rotatable bonds is 5. The molecule has 2 fully saturated rings. The second kappa shape index (κ2) is 9.67. The van der Waals surface area contributed by atoms with E-state index in [1.54, 1.807) is 12.1 Å². The van der Waals surface area contributed by atoms with Gasteiger partial charge in [0.15, 0.2) is 0 Å². The first kappa shape index (κ1) is 22.2. The quantitative estimate of drug-likeness (QED) is 0.775. The van der Waals surface area contributed by atoms with Gasteiger partial charge in [-0.15, -0.1) is 0 Å². The van der Waals surface area contributed by atoms with Crippen molar-refractivity contribution in [3.8, 4) is 11.1 Å². The Labute approximate surface area is 190 Å². The van der Waals surface area contributed by atoms with E-state index < -0.39 is 5.91 Å². The summed E-state index contributed by atoms with van der Waals surface area (Å²) < 4.78 is 0. The van der Waals surface area contributed by atoms with Crippen LogP contribution in [0.4, 0.5) is 5.95 Å². The Morgan fingerprint density at radius 3 is 2.41 bits per heavy atom. The van der Waals surface area contributed by atoms with E-state index in [1.807, 2.05) is 37.3 Å². The van der Waals surface area contributed by atoms with Crippen LogP contribution in [0.25, 0.3) is 11.1 Å². The van der Waals surface area contributed by atoms with E-state index in [0.29, 0.717) is 24.0 Å². The molecule has 1 aliphatic carbocycles. The summed E-state index contributed by atoms with van der Waals surface area (Å²) in [6.07, 6.45) is 9.45. The van der Waals surface area contributed by atoms with Gasteiger partial charge in [-0.2, -0.15) is 0 Å². The fourth-order valence-electron chi connectivity index (χ4n) is 4.96. The zero-order valence-electron chi connectivity index (χ0n) is 19.1. The molecule has 7 nitrogen and oxygen atoms in total. The summed E-state index contributed by atoms with van der Waals surface area (Å²) in [5.41, 5.74) is 8.74. The summed E-state index contributed by atoms with van der Waals surface area (Å²) in [5, 5.41) is 0. The maximum absolute atomic E-state index is 13.2. The van der Waals surface area contributed by atoms with Crippen LogP contribution in [0.2, 0.25) is 0 Å². The minimum atomic E-state index is -0.444. The van der Waals surface area contributed by atoms with Crippen molar-refractivity contribution in [2.24, 2.45) is 11.7 Å². The van der Waals surface area contributed by atoms with Crippen molar-refractivity contribution in [3.05, 3.63) is 41.7 Å². The summed E-state index contributed by atoms with van der Waals surface area (Å²) in [6.45, 7) is 1.53. The molecule has 2 heterocycles. The second-order valence-corrected chi connectivity index (χ2v) is 9.26. The molecule has 0 spiro atoms. The normalized spacial score (nSPS) is 19.6. The molecule has 1 aromatic heterocycles. The molecular weight excluding hydrogens is 402 g/mol. The van der Waals surface area contributed by atoms with Gasteiger partial charge in [0, 0.05) is 56.3 Å². The van der Waals surface area contributed by atoms with Crippen LogP contribution >= 0.6 is 0 Å². The van der Waals surface area contributed by atoms with Crippen molar-refractivity contribution in [2.75, 3.05) is 32.1 Å². The van der Waals surface area contributed by atoms with E-state index in [9.17, 15) is 9.59 Å². The van der Waals surface area contributed by atoms with Gasteiger partial charge in [-0.1, -0.05) is 31.4 Å². The minimum absolute atomic E-state index is 0.156. The van der Waals surface area contributed by atoms with Crippen LogP contribution in [0, 0.1) is 5.92 Å². The Morgan fingerprint density at radius 2 is 1.75 bits per heavy atom. The third kappa shape index (κ3) is 4.76. The van der Waals surface area contributed by atoms with Crippen LogP contribution < -0.4 is 10.6 Å². The third-order valence-electron chi connectivity index (χ3n) is 6.76. The van der Waals surface area contributed by atoms with Crippen LogP contribution in [0.1, 0.15) is 66.9 Å². The van der Waals surface area contributed by atoms with Crippen molar-refractivity contribution in [3.63, 3.8) is 0 Å². The molecule has 2 N–H and O–H groups in total. The van der Waals surface area contributed by atoms with Crippen LogP contribution in [-0.4, -0.2) is 53.9 Å². The van der Waals surface area contributed by atoms with Gasteiger partial charge in [0.1, 0.15) is 0 Å². The smallest absolute Gasteiger partial charge is 0.248 e. The molecule has 170 valence electrons. The van der Waals surface area contributed by atoms with Gasteiger partial charge in [0.2, 0.25) is 17.8 Å². The number of carbonyl (C=O) groups excluding carboxylic acids is 2. The van der Waals surface area contributed by atoms with Gasteiger partial charge in [0.25, 0.3) is 0 Å². The first-order valence-corrected chi connectivity index (χ1v) is 11.7. The number of nitrogens with zero attached hydrogens (tertiary/aromatic N) is 4. The Morgan fingerprint density at radius 1 is 1.03 bits per heavy atom. The Hall–Kier alpha value is -2.96. The van der Waals surface area contributed by atoms with Crippen molar-refractivity contribution in [1.29, 1.82) is 0 Å². The van der Waals surface area contributed by atoms with Crippen LogP contribution in [0.15, 0.2) is 30.5 Å². The molecule has 32 heavy (non-hydrogen) atoms. The lowest BCUT2D eigenvalue weighted by atomic mass is 9.86. The van der Waals surface area contributed by atoms with Gasteiger partial charge in [-0.05, 0) is 43.4 Å². The van der Waals surface area contributed by atoms with E-state index in [4.69, 9.17) is 10.7 Å². The second-order valence-electron chi connectivity index (χ2n) is 9.26. The number of likely N-dealkylation sites (tertiary alicyclic amines) is 1. The molecule has 1 aliphatic heterocycles. The number of anilines is 1. The van der Waals surface area contributed by atoms with Gasteiger partial charge in [0.05, 0.1) is 5.69 Å². The summed E-state index contributed by atoms with van der Waals surface area (Å²) in [6, 6.07) is 7.26. The van der Waals surface area contributed by atoms with Crippen molar-refractivity contribution >= 4 is 17.8 Å². The van der Waals surface area contributed by atoms with Gasteiger partial charge < -0.3 is 15.5 Å². The van der Waals surface area contributed by atoms with E-state index in [2.05, 4.69) is 9.88 Å². The Bertz CT molecular complexity index is 967. The molecule has 1 aromatic carbocycles. The number of amides is 2. The fraction of sp³-hybridized carbons (Fsp3) is 0.520. The van der Waals surface area contributed by atoms with Crippen LogP contribution in [0.5, 0.6) is 0 Å². The highest BCUT2D eigenvalue weighted by Crippen LogP contribution is 2.35. The monoisotopic (exact) mass is 435 g/mol. The number of carbonyl (C=O) groups is 2. The molecule has 1 saturated heterocycles. The SMILES string of the molecule is CN(C)c1ncc(-c2ccc(C(N)=O)cc2)c([C@H]2CCCN(C(=O)C3CCCCC3)C2)n1. The zero-order valence-corrected chi connectivity index (χ0v) is 19.1. The van der Waals surface area contributed by atoms with Crippen molar-refractivity contribution < 1.29 is 9.59 Å². The molecule has 2 aromatic rings. The number of hydrogen-bond donors (Lipinski definition) is 1. The highest BCUT2D eigenvalue weighted by molar-refractivity contribution is 5.93. The third-order valence-corrected chi connectivity index (χ3v) is 6.76. The molecule has 0 unspecified atom stereocenters. The lowest BCUT2D eigenvalue weighted by Gasteiger charge is -2.36. The number of benzene rings is 1. The topological polar surface area (TPSA) is 92.4 Å². The number of piperidine rings is 1. The number of hydrogen-bond acceptors (Lipinski definition) is 5. The molecule has 1 saturated carbocycles. The maximum Gasteiger partial charge on any atom is 0.248 e. The predicted molar refractivity (Wildman–Crippen MR) is 125 cm³/mol. The Kier molecular flexibility index (Phi) is 6.72. The summed E-state index contributed by atoms with van der Waals surface area (Å²) in [4.78, 5) is 38.1. The van der Waals surface area contributed by atoms with Crippen molar-refractivity contribution in [2.45, 2.75) is 50.9 Å². The molecule has 0 radical (unpaired) electrons. The summed E-state index contributed by atoms with van der Waals surface area (Å²) in [5.74, 6) is 0.881. The minimum Gasteiger partial charge on any atom is -0.366 e. The lowest BCUT2D eigenvalue weighted by Crippen LogP contribution is -2.43. The van der Waals surface area contributed by atoms with Gasteiger partial charge in [-0.3, -0.25) is 9.59 Å². The Balaban J connectivity index is 1.63. The molecule has 2 amide bonds. The summed E-state index contributed by atoms with van der Waals surface area (Å²) >= 11 is 0. The lowest BCUT2D eigenvalue weighted by molar-refractivity contribution is -0.137. The van der Waals surface area contributed by atoms with E-state index in [-0.39, 0.29) is 11.8 Å². The standard InChI is InChI=1S/C25H33N5O2/c1-29(2)25-27-15-21(17-10-12-18(13-11-17)23(26)31)22(28-25)20-9-6-14-30(16-20)24(32)19-7-4-3-5-8-19/h10-13,15,19-20H,3-9,14,16H2,1-2H3,(H2,26,31)/t20-/m0/s1.